The van der Waals surface area contributed by atoms with Crippen molar-refractivity contribution in [3.8, 4) is 5.88 Å². The Morgan fingerprint density at radius 2 is 1.88 bits per heavy atom. The molecule has 1 saturated heterocycles. The van der Waals surface area contributed by atoms with Crippen molar-refractivity contribution in [3.63, 3.8) is 0 Å². The second-order valence-corrected chi connectivity index (χ2v) is 6.63. The average molecular weight is 419 g/mol. The summed E-state index contributed by atoms with van der Waals surface area (Å²) in [5, 5.41) is 9.79. The molecule has 26 heavy (non-hydrogen) atoms. The Morgan fingerprint density at radius 1 is 1.15 bits per heavy atom. The first-order chi connectivity index (χ1) is 12.5. The second-order valence-electron chi connectivity index (χ2n) is 5.46. The van der Waals surface area contributed by atoms with E-state index in [2.05, 4.69) is 4.98 Å². The van der Waals surface area contributed by atoms with E-state index in [1.165, 1.54) is 6.07 Å². The SMILES string of the molecule is O=C(COc1nc(Cl)c(Cl)cc1Cl)C1OC(c2ccccc2)OC1CO. The molecule has 9 heteroatoms. The smallest absolute Gasteiger partial charge is 0.234 e. The number of pyridine rings is 1. The van der Waals surface area contributed by atoms with E-state index in [0.29, 0.717) is 0 Å². The maximum atomic E-state index is 12.5. The number of benzene rings is 1. The predicted molar refractivity (Wildman–Crippen MR) is 95.8 cm³/mol. The lowest BCUT2D eigenvalue weighted by Crippen LogP contribution is -2.37. The Bertz CT molecular complexity index is 789. The Labute approximate surface area is 164 Å². The van der Waals surface area contributed by atoms with Crippen LogP contribution in [0.15, 0.2) is 36.4 Å². The summed E-state index contributed by atoms with van der Waals surface area (Å²) >= 11 is 17.6. The quantitative estimate of drug-likeness (QED) is 0.724. The van der Waals surface area contributed by atoms with E-state index in [0.717, 1.165) is 5.56 Å². The molecule has 6 nitrogen and oxygen atoms in total. The van der Waals surface area contributed by atoms with Crippen LogP contribution in [0.25, 0.3) is 0 Å². The molecule has 0 bridgehead atoms. The third-order valence-electron chi connectivity index (χ3n) is 3.68. The fourth-order valence-corrected chi connectivity index (χ4v) is 2.97. The van der Waals surface area contributed by atoms with Crippen LogP contribution in [-0.2, 0) is 14.3 Å². The number of ether oxygens (including phenoxy) is 3. The fourth-order valence-electron chi connectivity index (χ4n) is 2.42. The lowest BCUT2D eigenvalue weighted by molar-refractivity contribution is -0.134. The van der Waals surface area contributed by atoms with Crippen LogP contribution in [0.3, 0.4) is 0 Å². The molecule has 138 valence electrons. The summed E-state index contributed by atoms with van der Waals surface area (Å²) in [5.74, 6) is -0.445. The van der Waals surface area contributed by atoms with Crippen LogP contribution in [0, 0.1) is 0 Å². The molecule has 2 heterocycles. The number of hydrogen-bond acceptors (Lipinski definition) is 6. The minimum atomic E-state index is -0.980. The molecule has 0 amide bonds. The van der Waals surface area contributed by atoms with Crippen LogP contribution in [0.2, 0.25) is 15.2 Å². The van der Waals surface area contributed by atoms with Gasteiger partial charge in [0, 0.05) is 5.56 Å². The maximum absolute atomic E-state index is 12.5. The first-order valence-electron chi connectivity index (χ1n) is 7.63. The summed E-state index contributed by atoms with van der Waals surface area (Å²) in [7, 11) is 0. The van der Waals surface area contributed by atoms with Gasteiger partial charge in [0.1, 0.15) is 11.1 Å². The van der Waals surface area contributed by atoms with Crippen LogP contribution in [0.1, 0.15) is 11.9 Å². The van der Waals surface area contributed by atoms with Gasteiger partial charge in [0.05, 0.1) is 11.6 Å². The largest absolute Gasteiger partial charge is 0.468 e. The van der Waals surface area contributed by atoms with Gasteiger partial charge in [-0.25, -0.2) is 0 Å². The van der Waals surface area contributed by atoms with E-state index >= 15 is 0 Å². The normalized spacial score (nSPS) is 22.4. The number of aromatic nitrogens is 1. The molecule has 0 aliphatic carbocycles. The van der Waals surface area contributed by atoms with E-state index in [9.17, 15) is 9.90 Å². The van der Waals surface area contributed by atoms with Crippen LogP contribution in [0.5, 0.6) is 5.88 Å². The molecule has 3 atom stereocenters. The average Bonchev–Trinajstić information content (AvgIpc) is 3.08. The van der Waals surface area contributed by atoms with Crippen molar-refractivity contribution in [2.75, 3.05) is 13.2 Å². The van der Waals surface area contributed by atoms with E-state index < -0.39 is 24.3 Å². The minimum absolute atomic E-state index is 0.0105. The van der Waals surface area contributed by atoms with E-state index in [1.807, 2.05) is 30.3 Å². The molecular formula is C17H14Cl3NO5. The predicted octanol–water partition coefficient (Wildman–Crippen LogP) is 3.46. The van der Waals surface area contributed by atoms with Crippen molar-refractivity contribution in [1.82, 2.24) is 4.98 Å². The number of halogens is 3. The highest BCUT2D eigenvalue weighted by Gasteiger charge is 2.41. The van der Waals surface area contributed by atoms with Crippen molar-refractivity contribution >= 4 is 40.6 Å². The molecule has 1 aromatic heterocycles. The van der Waals surface area contributed by atoms with Crippen molar-refractivity contribution in [2.45, 2.75) is 18.5 Å². The number of Topliss-reactive ketones (excluding diaryl/α,β-unsaturated/α-hetero) is 1. The fraction of sp³-hybridized carbons (Fsp3) is 0.294. The summed E-state index contributed by atoms with van der Waals surface area (Å²) in [6.45, 7) is -0.748. The number of aliphatic hydroxyl groups excluding tert-OH is 1. The van der Waals surface area contributed by atoms with Gasteiger partial charge in [-0.3, -0.25) is 4.79 Å². The lowest BCUT2D eigenvalue weighted by atomic mass is 10.1. The van der Waals surface area contributed by atoms with Crippen molar-refractivity contribution in [1.29, 1.82) is 0 Å². The summed E-state index contributed by atoms with van der Waals surface area (Å²) in [6.07, 6.45) is -2.52. The standard InChI is InChI=1S/C17H14Cl3NO5/c18-10-6-11(19)16(21-15(10)20)24-8-12(23)14-13(7-22)25-17(26-14)9-4-2-1-3-5-9/h1-6,13-14,17,22H,7-8H2. The number of carbonyl (C=O) groups excluding carboxylic acids is 1. The number of carbonyl (C=O) groups is 1. The third-order valence-corrected chi connectivity index (χ3v) is 4.62. The van der Waals surface area contributed by atoms with Crippen LogP contribution in [-0.4, -0.2) is 41.3 Å². The van der Waals surface area contributed by atoms with E-state index in [1.54, 1.807) is 0 Å². The van der Waals surface area contributed by atoms with E-state index in [4.69, 9.17) is 49.0 Å². The molecule has 3 unspecified atom stereocenters. The number of hydrogen-bond donors (Lipinski definition) is 1. The number of nitrogens with zero attached hydrogens (tertiary/aromatic N) is 1. The van der Waals surface area contributed by atoms with Crippen molar-refractivity contribution in [2.24, 2.45) is 0 Å². The molecule has 1 fully saturated rings. The second kappa shape index (κ2) is 8.52. The van der Waals surface area contributed by atoms with Gasteiger partial charge in [-0.05, 0) is 6.07 Å². The Morgan fingerprint density at radius 3 is 2.58 bits per heavy atom. The molecule has 1 aromatic carbocycles. The van der Waals surface area contributed by atoms with Gasteiger partial charge >= 0.3 is 0 Å². The Hall–Kier alpha value is -1.41. The van der Waals surface area contributed by atoms with Gasteiger partial charge < -0.3 is 19.3 Å². The monoisotopic (exact) mass is 417 g/mol. The highest BCUT2D eigenvalue weighted by Crippen LogP contribution is 2.33. The summed E-state index contributed by atoms with van der Waals surface area (Å²) < 4.78 is 16.6. The molecule has 1 aliphatic heterocycles. The molecule has 2 aromatic rings. The molecule has 3 rings (SSSR count). The van der Waals surface area contributed by atoms with Gasteiger partial charge in [-0.1, -0.05) is 65.1 Å². The molecule has 0 radical (unpaired) electrons. The molecule has 0 saturated carbocycles. The molecule has 1 N–H and O–H groups in total. The van der Waals surface area contributed by atoms with Gasteiger partial charge in [0.2, 0.25) is 11.7 Å². The number of aliphatic hydroxyl groups is 1. The maximum Gasteiger partial charge on any atom is 0.234 e. The first-order valence-corrected chi connectivity index (χ1v) is 8.76. The summed E-state index contributed by atoms with van der Waals surface area (Å²) in [6, 6.07) is 10.5. The van der Waals surface area contributed by atoms with Crippen LogP contribution in [0.4, 0.5) is 0 Å². The zero-order chi connectivity index (χ0) is 18.7. The third kappa shape index (κ3) is 4.28. The van der Waals surface area contributed by atoms with E-state index in [-0.39, 0.29) is 34.3 Å². The molecular weight excluding hydrogens is 405 g/mol. The zero-order valence-corrected chi connectivity index (χ0v) is 15.5. The van der Waals surface area contributed by atoms with Gasteiger partial charge in [-0.2, -0.15) is 4.98 Å². The highest BCUT2D eigenvalue weighted by molar-refractivity contribution is 6.42. The molecule has 1 aliphatic rings. The van der Waals surface area contributed by atoms with Crippen molar-refractivity contribution < 1.29 is 24.1 Å². The number of ketones is 1. The molecule has 0 spiro atoms. The van der Waals surface area contributed by atoms with Gasteiger partial charge in [0.15, 0.2) is 24.2 Å². The minimum Gasteiger partial charge on any atom is -0.468 e. The topological polar surface area (TPSA) is 77.9 Å². The van der Waals surface area contributed by atoms with Gasteiger partial charge in [-0.15, -0.1) is 0 Å². The summed E-state index contributed by atoms with van der Waals surface area (Å²) in [5.41, 5.74) is 0.747. The van der Waals surface area contributed by atoms with Gasteiger partial charge in [0.25, 0.3) is 0 Å². The Balaban J connectivity index is 1.66. The van der Waals surface area contributed by atoms with Crippen LogP contribution >= 0.6 is 34.8 Å². The first kappa shape index (κ1) is 19.4. The lowest BCUT2D eigenvalue weighted by Gasteiger charge is -2.14. The van der Waals surface area contributed by atoms with Crippen molar-refractivity contribution in [3.05, 3.63) is 57.2 Å². The highest BCUT2D eigenvalue weighted by atomic mass is 35.5. The van der Waals surface area contributed by atoms with Crippen LogP contribution < -0.4 is 4.74 Å². The number of rotatable bonds is 6. The summed E-state index contributed by atoms with van der Waals surface area (Å²) in [4.78, 5) is 16.3. The Kier molecular flexibility index (Phi) is 6.34. The zero-order valence-electron chi connectivity index (χ0n) is 13.3.